The molecule has 0 amide bonds. The van der Waals surface area contributed by atoms with Crippen LogP contribution in [-0.2, 0) is 27.7 Å². The molecule has 17 heteroatoms. The smallest absolute Gasteiger partial charge is 0.543 e. The van der Waals surface area contributed by atoms with Crippen LogP contribution in [0.3, 0.4) is 0 Å². The van der Waals surface area contributed by atoms with Crippen molar-refractivity contribution in [2.45, 2.75) is 0 Å². The van der Waals surface area contributed by atoms with Crippen LogP contribution < -0.4 is 10.2 Å². The minimum Gasteiger partial charge on any atom is -0.543 e. The molecule has 0 saturated heterocycles. The number of carbonyl (C=O) groups excluding carboxylic acids is 2. The summed E-state index contributed by atoms with van der Waals surface area (Å²) in [7, 11) is 0. The Morgan fingerprint density at radius 1 is 0.511 bits per heavy atom. The van der Waals surface area contributed by atoms with Crippen molar-refractivity contribution < 1.29 is 87.1 Å². The van der Waals surface area contributed by atoms with Gasteiger partial charge in [-0.15, -0.1) is 0 Å². The molecule has 0 aliphatic carbocycles. The van der Waals surface area contributed by atoms with Gasteiger partial charge < -0.3 is 51.2 Å². The van der Waals surface area contributed by atoms with Crippen LogP contribution >= 0.6 is 0 Å². The standard InChI is InChI=1S/2C14H9NO6.Co.2H2O/c2*16-12(17)7-1-3-9(13(18)19)10(5-7)8-2-4-11(14(20)21)15-6-8;;;/h2*1-6H,(H,16,17)(H,18,19)(H,20,21);;2*1H2/q;;+2;;. The summed E-state index contributed by atoms with van der Waals surface area (Å²) in [6, 6.07) is 12.1. The minimum absolute atomic E-state index is 0. The van der Waals surface area contributed by atoms with Gasteiger partial charge in [0.2, 0.25) is 0 Å². The number of rotatable bonds is 8. The molecule has 4 aromatic rings. The maximum atomic E-state index is 11.2. The van der Waals surface area contributed by atoms with Crippen molar-refractivity contribution in [1.82, 2.24) is 9.97 Å². The monoisotopic (exact) mass is 669 g/mol. The van der Waals surface area contributed by atoms with Gasteiger partial charge in [0.25, 0.3) is 0 Å². The number of hydrogen-bond donors (Lipinski definition) is 4. The van der Waals surface area contributed by atoms with Crippen LogP contribution in [0.4, 0.5) is 0 Å². The van der Waals surface area contributed by atoms with Gasteiger partial charge in [-0.05, 0) is 59.7 Å². The number of aromatic nitrogens is 2. The fourth-order valence-corrected chi connectivity index (χ4v) is 3.55. The number of hydrogen-bond acceptors (Lipinski definition) is 10. The van der Waals surface area contributed by atoms with Gasteiger partial charge in [0, 0.05) is 23.5 Å². The van der Waals surface area contributed by atoms with Crippen LogP contribution in [0.25, 0.3) is 22.3 Å². The van der Waals surface area contributed by atoms with E-state index >= 15 is 0 Å². The Morgan fingerprint density at radius 3 is 1.07 bits per heavy atom. The van der Waals surface area contributed by atoms with Crippen LogP contribution in [-0.4, -0.2) is 66.2 Å². The van der Waals surface area contributed by atoms with Crippen molar-refractivity contribution >= 4 is 35.8 Å². The summed E-state index contributed by atoms with van der Waals surface area (Å²) in [5.41, 5.74) is -0.125. The maximum Gasteiger partial charge on any atom is 2.00 e. The quantitative estimate of drug-likeness (QED) is 0.166. The van der Waals surface area contributed by atoms with Crippen molar-refractivity contribution in [3.63, 3.8) is 0 Å². The Kier molecular flexibility index (Phi) is 14.4. The second-order valence-corrected chi connectivity index (χ2v) is 8.18. The molecular formula is C28H22CoN2O14+2. The molecule has 0 fully saturated rings. The average molecular weight is 669 g/mol. The summed E-state index contributed by atoms with van der Waals surface area (Å²) in [6.07, 6.45) is 2.30. The maximum absolute atomic E-state index is 11.2. The van der Waals surface area contributed by atoms with E-state index in [1.807, 2.05) is 0 Å². The van der Waals surface area contributed by atoms with Crippen LogP contribution in [0.2, 0.25) is 0 Å². The number of carboxylic acid groups (broad SMARTS) is 6. The predicted molar refractivity (Wildman–Crippen MR) is 146 cm³/mol. The van der Waals surface area contributed by atoms with Crippen molar-refractivity contribution in [3.05, 3.63) is 107 Å². The molecule has 45 heavy (non-hydrogen) atoms. The number of aromatic carboxylic acids is 6. The molecule has 2 aromatic carbocycles. The van der Waals surface area contributed by atoms with E-state index in [-0.39, 0.29) is 72.5 Å². The molecule has 16 nitrogen and oxygen atoms in total. The number of pyridine rings is 2. The van der Waals surface area contributed by atoms with Crippen LogP contribution in [0.5, 0.6) is 0 Å². The first-order valence-corrected chi connectivity index (χ1v) is 11.4. The Bertz CT molecular complexity index is 1610. The van der Waals surface area contributed by atoms with Gasteiger partial charge in [-0.3, -0.25) is 9.97 Å². The first-order valence-electron chi connectivity index (χ1n) is 11.4. The van der Waals surface area contributed by atoms with Gasteiger partial charge in [-0.2, -0.15) is 0 Å². The Labute approximate surface area is 261 Å². The third-order valence-electron chi connectivity index (χ3n) is 5.56. The van der Waals surface area contributed by atoms with E-state index in [1.165, 1.54) is 48.5 Å². The first-order chi connectivity index (χ1) is 19.8. The zero-order chi connectivity index (χ0) is 31.1. The Hall–Kier alpha value is -6.01. The summed E-state index contributed by atoms with van der Waals surface area (Å²) in [5, 5.41) is 57.4. The molecule has 2 aromatic heterocycles. The molecule has 0 spiro atoms. The molecule has 1 radical (unpaired) electrons. The second-order valence-electron chi connectivity index (χ2n) is 8.18. The van der Waals surface area contributed by atoms with Crippen molar-refractivity contribution in [1.29, 1.82) is 0 Å². The largest absolute Gasteiger partial charge is 2.00 e. The summed E-state index contributed by atoms with van der Waals surface area (Å²) in [5.74, 6) is -7.78. The topological polar surface area (TPSA) is 321 Å². The second kappa shape index (κ2) is 16.6. The fourth-order valence-electron chi connectivity index (χ4n) is 3.55. The van der Waals surface area contributed by atoms with Crippen LogP contribution in [0.15, 0.2) is 73.1 Å². The van der Waals surface area contributed by atoms with Crippen molar-refractivity contribution in [2.24, 2.45) is 0 Å². The van der Waals surface area contributed by atoms with E-state index in [4.69, 9.17) is 20.4 Å². The SMILES string of the molecule is O=C(O)c1ccc(C(=O)O)c(-c2ccc(C(=O)[O-])nc2)c1.O=C(O)c1ccc(C(=O)O)c(-c2ccc(C(=O)[O-])nc2)c1.[Co+2].[OH3+].[OH3+]. The van der Waals surface area contributed by atoms with E-state index in [1.54, 1.807) is 0 Å². The minimum atomic E-state index is -1.46. The summed E-state index contributed by atoms with van der Waals surface area (Å²) in [4.78, 5) is 72.8. The van der Waals surface area contributed by atoms with E-state index in [2.05, 4.69) is 9.97 Å². The van der Waals surface area contributed by atoms with E-state index in [9.17, 15) is 39.0 Å². The summed E-state index contributed by atoms with van der Waals surface area (Å²) >= 11 is 0. The van der Waals surface area contributed by atoms with Gasteiger partial charge in [-0.1, -0.05) is 12.1 Å². The Morgan fingerprint density at radius 2 is 0.844 bits per heavy atom. The molecule has 0 bridgehead atoms. The first kappa shape index (κ1) is 39.0. The fraction of sp³-hybridized carbons (Fsp3) is 0. The van der Waals surface area contributed by atoms with E-state index in [0.29, 0.717) is 11.1 Å². The van der Waals surface area contributed by atoms with E-state index in [0.717, 1.165) is 24.5 Å². The molecular weight excluding hydrogens is 647 g/mol. The molecule has 2 heterocycles. The molecule has 0 saturated carbocycles. The molecule has 4 rings (SSSR count). The van der Waals surface area contributed by atoms with E-state index < -0.39 is 35.8 Å². The van der Waals surface area contributed by atoms with Crippen LogP contribution in [0, 0.1) is 0 Å². The van der Waals surface area contributed by atoms with Gasteiger partial charge >= 0.3 is 40.7 Å². The third kappa shape index (κ3) is 9.49. The number of nitrogens with zero attached hydrogens (tertiary/aromatic N) is 2. The Balaban J connectivity index is 0.000000807. The van der Waals surface area contributed by atoms with Gasteiger partial charge in [0.05, 0.1) is 45.6 Å². The van der Waals surface area contributed by atoms with Gasteiger partial charge in [-0.25, -0.2) is 19.2 Å². The molecule has 235 valence electrons. The molecule has 10 N–H and O–H groups in total. The van der Waals surface area contributed by atoms with Crippen LogP contribution in [0.1, 0.15) is 62.4 Å². The van der Waals surface area contributed by atoms with Crippen molar-refractivity contribution in [2.75, 3.05) is 0 Å². The molecule has 0 aliphatic rings. The summed E-state index contributed by atoms with van der Waals surface area (Å²) < 4.78 is 0. The molecule has 0 atom stereocenters. The van der Waals surface area contributed by atoms with Gasteiger partial charge in [0.1, 0.15) is 0 Å². The molecule has 0 aliphatic heterocycles. The van der Waals surface area contributed by atoms with Gasteiger partial charge in [0.15, 0.2) is 0 Å². The number of carboxylic acids is 6. The molecule has 0 unspecified atom stereocenters. The van der Waals surface area contributed by atoms with Crippen molar-refractivity contribution in [3.8, 4) is 22.3 Å². The zero-order valence-corrected chi connectivity index (χ0v) is 23.4. The number of carbonyl (C=O) groups is 6. The average Bonchev–Trinajstić information content (AvgIpc) is 2.96. The third-order valence-corrected chi connectivity index (χ3v) is 5.56. The summed E-state index contributed by atoms with van der Waals surface area (Å²) in [6.45, 7) is 0. The normalized spacial score (nSPS) is 9.42. The zero-order valence-electron chi connectivity index (χ0n) is 22.4. The number of benzene rings is 2. The predicted octanol–water partition coefficient (Wildman–Crippen LogP) is -0.829.